The number of nitriles is 1. The fraction of sp³-hybridized carbons (Fsp3) is 0.125. The number of rotatable bonds is 7. The van der Waals surface area contributed by atoms with Crippen LogP contribution in [0.3, 0.4) is 0 Å². The van der Waals surface area contributed by atoms with Gasteiger partial charge in [-0.25, -0.2) is 9.97 Å². The molecule has 0 aliphatic carbocycles. The molecular weight excluding hydrogens is 542 g/mol. The Balaban J connectivity index is 1.43. The number of thiazole rings is 1. The first-order valence-electron chi connectivity index (χ1n) is 13.3. The van der Waals surface area contributed by atoms with Crippen molar-refractivity contribution in [1.82, 2.24) is 19.7 Å². The molecule has 3 aromatic carbocycles. The molecule has 3 aromatic heterocycles. The van der Waals surface area contributed by atoms with Crippen molar-refractivity contribution >= 4 is 56.1 Å². The van der Waals surface area contributed by atoms with Gasteiger partial charge in [-0.2, -0.15) is 15.0 Å². The summed E-state index contributed by atoms with van der Waals surface area (Å²) in [6, 6.07) is 28.2. The van der Waals surface area contributed by atoms with Gasteiger partial charge in [-0.3, -0.25) is 0 Å². The predicted octanol–water partition coefficient (Wildman–Crippen LogP) is 8.88. The number of nitrogens with zero attached hydrogens (tertiary/aromatic N) is 7. The van der Waals surface area contributed by atoms with E-state index in [1.165, 1.54) is 16.9 Å². The number of aryl methyl sites for hydroxylation is 4. The summed E-state index contributed by atoms with van der Waals surface area (Å²) in [4.78, 5) is 9.58. The summed E-state index contributed by atoms with van der Waals surface area (Å²) in [5, 5.41) is 31.2. The average Bonchev–Trinajstić information content (AvgIpc) is 3.55. The van der Waals surface area contributed by atoms with Crippen LogP contribution in [0.15, 0.2) is 89.1 Å². The predicted molar refractivity (Wildman–Crippen MR) is 168 cm³/mol. The lowest BCUT2D eigenvalue weighted by Crippen LogP contribution is -2.00. The van der Waals surface area contributed by atoms with Crippen LogP contribution in [-0.4, -0.2) is 19.7 Å². The number of pyridine rings is 1. The van der Waals surface area contributed by atoms with E-state index in [2.05, 4.69) is 39.0 Å². The van der Waals surface area contributed by atoms with Crippen LogP contribution in [0.5, 0.6) is 0 Å². The third-order valence-electron chi connectivity index (χ3n) is 6.68. The molecule has 0 saturated heterocycles. The van der Waals surface area contributed by atoms with E-state index in [1.807, 2.05) is 92.7 Å². The Morgan fingerprint density at radius 1 is 0.810 bits per heavy atom. The van der Waals surface area contributed by atoms with Crippen molar-refractivity contribution in [2.75, 3.05) is 10.6 Å². The van der Waals surface area contributed by atoms with Crippen LogP contribution in [0.4, 0.5) is 34.5 Å². The summed E-state index contributed by atoms with van der Waals surface area (Å²) in [6.07, 6.45) is 0. The Morgan fingerprint density at radius 2 is 1.48 bits per heavy atom. The fourth-order valence-corrected chi connectivity index (χ4v) is 5.34. The first-order chi connectivity index (χ1) is 20.4. The summed E-state index contributed by atoms with van der Waals surface area (Å²) >= 11 is 1.48. The maximum absolute atomic E-state index is 9.96. The van der Waals surface area contributed by atoms with Gasteiger partial charge < -0.3 is 10.6 Å². The molecular formula is C32H27N9S. The molecule has 0 atom stereocenters. The highest BCUT2D eigenvalue weighted by Crippen LogP contribution is 2.36. The van der Waals surface area contributed by atoms with Crippen LogP contribution in [-0.2, 0) is 0 Å². The third-order valence-corrected chi connectivity index (χ3v) is 7.69. The second-order valence-electron chi connectivity index (χ2n) is 9.98. The molecule has 2 N–H and O–H groups in total. The molecule has 10 heteroatoms. The quantitative estimate of drug-likeness (QED) is 0.185. The van der Waals surface area contributed by atoms with Crippen LogP contribution in [0, 0.1) is 39.0 Å². The highest BCUT2D eigenvalue weighted by molar-refractivity contribution is 7.20. The second-order valence-corrected chi connectivity index (χ2v) is 11.0. The monoisotopic (exact) mass is 569 g/mol. The largest absolute Gasteiger partial charge is 0.340 e. The Bertz CT molecular complexity index is 1950. The van der Waals surface area contributed by atoms with E-state index in [0.29, 0.717) is 39.5 Å². The zero-order valence-corrected chi connectivity index (χ0v) is 24.4. The Kier molecular flexibility index (Phi) is 7.17. The number of azo groups is 1. The van der Waals surface area contributed by atoms with E-state index < -0.39 is 0 Å². The molecule has 0 unspecified atom stereocenters. The number of fused-ring (bicyclic) bond motifs is 1. The lowest BCUT2D eigenvalue weighted by atomic mass is 10.2. The minimum Gasteiger partial charge on any atom is -0.340 e. The molecule has 206 valence electrons. The zero-order valence-electron chi connectivity index (χ0n) is 23.5. The molecule has 0 saturated carbocycles. The van der Waals surface area contributed by atoms with Gasteiger partial charge in [0.2, 0.25) is 5.13 Å². The van der Waals surface area contributed by atoms with Crippen LogP contribution in [0.25, 0.3) is 15.3 Å². The van der Waals surface area contributed by atoms with Gasteiger partial charge >= 0.3 is 0 Å². The zero-order chi connectivity index (χ0) is 29.2. The van der Waals surface area contributed by atoms with Crippen LogP contribution in [0.1, 0.15) is 27.9 Å². The maximum atomic E-state index is 9.96. The Labute approximate surface area is 247 Å². The molecule has 0 aliphatic rings. The number of anilines is 4. The summed E-state index contributed by atoms with van der Waals surface area (Å²) in [5.74, 6) is 1.51. The van der Waals surface area contributed by atoms with E-state index in [-0.39, 0.29) is 0 Å². The molecule has 6 rings (SSSR count). The molecule has 0 spiro atoms. The van der Waals surface area contributed by atoms with Crippen molar-refractivity contribution in [2.24, 2.45) is 10.2 Å². The van der Waals surface area contributed by atoms with E-state index in [9.17, 15) is 5.26 Å². The minimum absolute atomic E-state index is 0.316. The first-order valence-corrected chi connectivity index (χ1v) is 14.2. The van der Waals surface area contributed by atoms with Crippen molar-refractivity contribution in [3.8, 4) is 11.2 Å². The molecule has 0 radical (unpaired) electrons. The van der Waals surface area contributed by atoms with Gasteiger partial charge in [0, 0.05) is 11.4 Å². The minimum atomic E-state index is 0.316. The summed E-state index contributed by atoms with van der Waals surface area (Å²) in [6.45, 7) is 7.83. The molecule has 3 heterocycles. The standard InChI is InChI=1S/C32H27N9S/c1-19-9-13-23(14-10-19)34-28-17-21(3)29(30(37-28)35-24-15-11-20(2)12-16-24)38-39-31-25(18-33)22(4)40-41(31)32-36-26-7-5-6-8-27(26)42-32/h5-17H,1-4H3,(H2,34,35,37). The summed E-state index contributed by atoms with van der Waals surface area (Å²) in [5.41, 5.74) is 7.27. The number of hydrogen-bond acceptors (Lipinski definition) is 9. The maximum Gasteiger partial charge on any atom is 0.213 e. The van der Waals surface area contributed by atoms with Gasteiger partial charge in [0.1, 0.15) is 23.1 Å². The van der Waals surface area contributed by atoms with Gasteiger partial charge in [-0.1, -0.05) is 58.9 Å². The van der Waals surface area contributed by atoms with E-state index in [0.717, 1.165) is 32.7 Å². The topological polar surface area (TPSA) is 116 Å². The highest BCUT2D eigenvalue weighted by Gasteiger charge is 2.20. The van der Waals surface area contributed by atoms with Gasteiger partial charge in [0.25, 0.3) is 0 Å². The third kappa shape index (κ3) is 5.46. The average molecular weight is 570 g/mol. The van der Waals surface area contributed by atoms with Crippen molar-refractivity contribution in [3.63, 3.8) is 0 Å². The number of benzene rings is 3. The smallest absolute Gasteiger partial charge is 0.213 e. The lowest BCUT2D eigenvalue weighted by molar-refractivity contribution is 0.848. The Morgan fingerprint density at radius 3 is 2.14 bits per heavy atom. The van der Waals surface area contributed by atoms with Gasteiger partial charge in [0.15, 0.2) is 11.6 Å². The van der Waals surface area contributed by atoms with Crippen molar-refractivity contribution in [1.29, 1.82) is 5.26 Å². The first kappa shape index (κ1) is 26.8. The molecule has 0 bridgehead atoms. The lowest BCUT2D eigenvalue weighted by Gasteiger charge is -2.14. The number of hydrogen-bond donors (Lipinski definition) is 2. The highest BCUT2D eigenvalue weighted by atomic mass is 32.1. The normalized spacial score (nSPS) is 11.2. The van der Waals surface area contributed by atoms with Crippen LogP contribution < -0.4 is 10.6 Å². The summed E-state index contributed by atoms with van der Waals surface area (Å²) < 4.78 is 2.61. The van der Waals surface area contributed by atoms with Crippen molar-refractivity contribution in [3.05, 3.63) is 107 Å². The van der Waals surface area contributed by atoms with Gasteiger partial charge in [-0.05, 0) is 75.7 Å². The van der Waals surface area contributed by atoms with Crippen molar-refractivity contribution < 1.29 is 0 Å². The van der Waals surface area contributed by atoms with Gasteiger partial charge in [0.05, 0.1) is 15.9 Å². The van der Waals surface area contributed by atoms with Crippen LogP contribution in [0.2, 0.25) is 0 Å². The summed E-state index contributed by atoms with van der Waals surface area (Å²) in [7, 11) is 0. The van der Waals surface area contributed by atoms with Gasteiger partial charge in [-0.15, -0.1) is 10.2 Å². The second kappa shape index (κ2) is 11.2. The fourth-order valence-electron chi connectivity index (χ4n) is 4.42. The molecule has 0 aliphatic heterocycles. The molecule has 0 amide bonds. The molecule has 9 nitrogen and oxygen atoms in total. The van der Waals surface area contributed by atoms with Crippen LogP contribution >= 0.6 is 11.3 Å². The molecule has 42 heavy (non-hydrogen) atoms. The van der Waals surface area contributed by atoms with Crippen molar-refractivity contribution in [2.45, 2.75) is 27.7 Å². The molecule has 6 aromatic rings. The molecule has 0 fully saturated rings. The number of nitrogens with one attached hydrogen (secondary N) is 2. The SMILES string of the molecule is Cc1ccc(Nc2cc(C)c(N=Nc3c(C#N)c(C)nn3-c3nc4ccccc4s3)c(Nc3ccc(C)cc3)n2)cc1. The van der Waals surface area contributed by atoms with E-state index in [1.54, 1.807) is 11.6 Å². The van der Waals surface area contributed by atoms with E-state index >= 15 is 0 Å². The van der Waals surface area contributed by atoms with E-state index in [4.69, 9.17) is 9.97 Å². The number of aromatic nitrogens is 4. The Hall–Kier alpha value is -5.40. The number of para-hydroxylation sites is 1.